The molecular formula is C24H21ClN2O4. The van der Waals surface area contributed by atoms with Crippen LogP contribution in [0.2, 0.25) is 5.02 Å². The molecule has 1 aromatic heterocycles. The van der Waals surface area contributed by atoms with Gasteiger partial charge in [-0.05, 0) is 59.7 Å². The van der Waals surface area contributed by atoms with Crippen molar-refractivity contribution in [3.8, 4) is 17.2 Å². The van der Waals surface area contributed by atoms with Gasteiger partial charge in [0.2, 0.25) is 0 Å². The highest BCUT2D eigenvalue weighted by Gasteiger charge is 2.17. The summed E-state index contributed by atoms with van der Waals surface area (Å²) in [6, 6.07) is 14.7. The Labute approximate surface area is 185 Å². The Bertz CT molecular complexity index is 1120. The van der Waals surface area contributed by atoms with Crippen molar-refractivity contribution in [2.45, 2.75) is 13.2 Å². The minimum Gasteiger partial charge on any atom is -0.493 e. The van der Waals surface area contributed by atoms with E-state index in [0.29, 0.717) is 41.0 Å². The summed E-state index contributed by atoms with van der Waals surface area (Å²) in [5.74, 6) is 1.76. The maximum atomic E-state index is 12.6. The van der Waals surface area contributed by atoms with Gasteiger partial charge >= 0.3 is 0 Å². The Hall–Kier alpha value is -3.51. The molecule has 1 amide bonds. The van der Waals surface area contributed by atoms with Gasteiger partial charge < -0.3 is 19.5 Å². The number of benzene rings is 2. The van der Waals surface area contributed by atoms with Gasteiger partial charge in [-0.25, -0.2) is 0 Å². The predicted octanol–water partition coefficient (Wildman–Crippen LogP) is 4.41. The maximum Gasteiger partial charge on any atom is 0.250 e. The highest BCUT2D eigenvalue weighted by molar-refractivity contribution is 6.30. The molecule has 0 saturated heterocycles. The number of amides is 1. The SMILES string of the molecule is COc1cc(CNC(=O)C2=Cc3cc(Cl)ccc3OC2)ccc1OCc1ccncc1. The highest BCUT2D eigenvalue weighted by atomic mass is 35.5. The van der Waals surface area contributed by atoms with Crippen LogP contribution in [0.4, 0.5) is 0 Å². The number of rotatable bonds is 7. The lowest BCUT2D eigenvalue weighted by Gasteiger charge is -2.18. The number of hydrogen-bond donors (Lipinski definition) is 1. The van der Waals surface area contributed by atoms with E-state index in [1.54, 1.807) is 43.8 Å². The number of ether oxygens (including phenoxy) is 3. The molecule has 7 heteroatoms. The van der Waals surface area contributed by atoms with Crippen LogP contribution in [0.25, 0.3) is 6.08 Å². The first-order valence-electron chi connectivity index (χ1n) is 9.72. The third-order valence-electron chi connectivity index (χ3n) is 4.80. The summed E-state index contributed by atoms with van der Waals surface area (Å²) in [5, 5.41) is 3.52. The zero-order valence-corrected chi connectivity index (χ0v) is 17.7. The molecule has 0 atom stereocenters. The Kier molecular flexibility index (Phi) is 6.38. The first kappa shape index (κ1) is 20.8. The van der Waals surface area contributed by atoms with Crippen molar-refractivity contribution in [1.82, 2.24) is 10.3 Å². The summed E-state index contributed by atoms with van der Waals surface area (Å²) >= 11 is 6.03. The van der Waals surface area contributed by atoms with Crippen LogP contribution in [0.5, 0.6) is 17.2 Å². The number of nitrogens with one attached hydrogen (secondary N) is 1. The van der Waals surface area contributed by atoms with Crippen LogP contribution >= 0.6 is 11.6 Å². The van der Waals surface area contributed by atoms with Gasteiger partial charge in [-0.1, -0.05) is 17.7 Å². The molecule has 6 nitrogen and oxygen atoms in total. The van der Waals surface area contributed by atoms with E-state index in [2.05, 4.69) is 10.3 Å². The topological polar surface area (TPSA) is 69.7 Å². The molecule has 158 valence electrons. The monoisotopic (exact) mass is 436 g/mol. The van der Waals surface area contributed by atoms with Gasteiger partial charge in [0.1, 0.15) is 19.0 Å². The number of methoxy groups -OCH3 is 1. The largest absolute Gasteiger partial charge is 0.493 e. The van der Waals surface area contributed by atoms with Crippen LogP contribution in [0.15, 0.2) is 66.5 Å². The average Bonchev–Trinajstić information content (AvgIpc) is 2.81. The van der Waals surface area contributed by atoms with E-state index in [1.165, 1.54) is 0 Å². The van der Waals surface area contributed by atoms with Crippen molar-refractivity contribution >= 4 is 23.6 Å². The minimum atomic E-state index is -0.192. The molecule has 1 aliphatic rings. The fourth-order valence-electron chi connectivity index (χ4n) is 3.16. The van der Waals surface area contributed by atoms with E-state index in [-0.39, 0.29) is 12.5 Å². The molecule has 0 bridgehead atoms. The van der Waals surface area contributed by atoms with Crippen LogP contribution < -0.4 is 19.5 Å². The number of halogens is 1. The van der Waals surface area contributed by atoms with Gasteiger partial charge in [-0.3, -0.25) is 9.78 Å². The summed E-state index contributed by atoms with van der Waals surface area (Å²) in [6.07, 6.45) is 5.25. The molecule has 0 fully saturated rings. The van der Waals surface area contributed by atoms with Crippen molar-refractivity contribution in [3.63, 3.8) is 0 Å². The molecular weight excluding hydrogens is 416 g/mol. The molecule has 1 N–H and O–H groups in total. The van der Waals surface area contributed by atoms with Crippen LogP contribution in [0, 0.1) is 0 Å². The van der Waals surface area contributed by atoms with E-state index in [9.17, 15) is 4.79 Å². The van der Waals surface area contributed by atoms with Gasteiger partial charge in [0.15, 0.2) is 11.5 Å². The quantitative estimate of drug-likeness (QED) is 0.594. The molecule has 0 aliphatic carbocycles. The molecule has 2 aromatic carbocycles. The van der Waals surface area contributed by atoms with E-state index in [4.69, 9.17) is 25.8 Å². The van der Waals surface area contributed by atoms with E-state index in [1.807, 2.05) is 30.3 Å². The molecule has 0 radical (unpaired) electrons. The summed E-state index contributed by atoms with van der Waals surface area (Å²) in [4.78, 5) is 16.6. The normalized spacial score (nSPS) is 12.3. The number of carbonyl (C=O) groups is 1. The fraction of sp³-hybridized carbons (Fsp3) is 0.167. The van der Waals surface area contributed by atoms with Crippen molar-refractivity contribution in [1.29, 1.82) is 0 Å². The number of fused-ring (bicyclic) bond motifs is 1. The van der Waals surface area contributed by atoms with Gasteiger partial charge in [0.05, 0.1) is 12.7 Å². The first-order valence-corrected chi connectivity index (χ1v) is 10.1. The standard InChI is InChI=1S/C24H21ClN2O4/c1-29-23-10-17(2-4-22(23)30-14-16-6-8-26-9-7-16)13-27-24(28)19-11-18-12-20(25)3-5-21(18)31-15-19/h2-12H,13-15H2,1H3,(H,27,28). The van der Waals surface area contributed by atoms with Crippen LogP contribution in [0.1, 0.15) is 16.7 Å². The Balaban J connectivity index is 1.38. The second-order valence-electron chi connectivity index (χ2n) is 6.95. The summed E-state index contributed by atoms with van der Waals surface area (Å²) < 4.78 is 17.0. The Morgan fingerprint density at radius 2 is 1.94 bits per heavy atom. The summed E-state index contributed by atoms with van der Waals surface area (Å²) in [5.41, 5.74) is 3.24. The van der Waals surface area contributed by atoms with Crippen LogP contribution in [-0.4, -0.2) is 24.6 Å². The first-order chi connectivity index (χ1) is 15.1. The van der Waals surface area contributed by atoms with Crippen LogP contribution in [0.3, 0.4) is 0 Å². The van der Waals surface area contributed by atoms with Crippen molar-refractivity contribution in [3.05, 3.63) is 88.2 Å². The third-order valence-corrected chi connectivity index (χ3v) is 5.04. The molecule has 2 heterocycles. The number of carbonyl (C=O) groups excluding carboxylic acids is 1. The Morgan fingerprint density at radius 3 is 2.74 bits per heavy atom. The summed E-state index contributed by atoms with van der Waals surface area (Å²) in [6.45, 7) is 0.972. The molecule has 0 saturated carbocycles. The van der Waals surface area contributed by atoms with E-state index in [0.717, 1.165) is 16.7 Å². The molecule has 31 heavy (non-hydrogen) atoms. The third kappa shape index (κ3) is 5.16. The fourth-order valence-corrected chi connectivity index (χ4v) is 3.34. The zero-order valence-electron chi connectivity index (χ0n) is 16.9. The minimum absolute atomic E-state index is 0.192. The average molecular weight is 437 g/mol. The zero-order chi connectivity index (χ0) is 21.6. The van der Waals surface area contributed by atoms with Crippen molar-refractivity contribution in [2.75, 3.05) is 13.7 Å². The highest BCUT2D eigenvalue weighted by Crippen LogP contribution is 2.30. The lowest BCUT2D eigenvalue weighted by atomic mass is 10.1. The van der Waals surface area contributed by atoms with Gasteiger partial charge in [0, 0.05) is 29.5 Å². The molecule has 4 rings (SSSR count). The second kappa shape index (κ2) is 9.53. The second-order valence-corrected chi connectivity index (χ2v) is 7.39. The predicted molar refractivity (Wildman–Crippen MR) is 118 cm³/mol. The lowest BCUT2D eigenvalue weighted by Crippen LogP contribution is -2.28. The number of nitrogens with zero attached hydrogens (tertiary/aromatic N) is 1. The van der Waals surface area contributed by atoms with Gasteiger partial charge in [-0.2, -0.15) is 0 Å². The number of hydrogen-bond acceptors (Lipinski definition) is 5. The number of pyridine rings is 1. The van der Waals surface area contributed by atoms with Crippen LogP contribution in [-0.2, 0) is 17.9 Å². The maximum absolute atomic E-state index is 12.6. The van der Waals surface area contributed by atoms with E-state index >= 15 is 0 Å². The molecule has 0 unspecified atom stereocenters. The summed E-state index contributed by atoms with van der Waals surface area (Å²) in [7, 11) is 1.59. The lowest BCUT2D eigenvalue weighted by molar-refractivity contribution is -0.117. The molecule has 3 aromatic rings. The molecule has 0 spiro atoms. The smallest absolute Gasteiger partial charge is 0.250 e. The molecule has 1 aliphatic heterocycles. The van der Waals surface area contributed by atoms with Crippen molar-refractivity contribution in [2.24, 2.45) is 0 Å². The van der Waals surface area contributed by atoms with Gasteiger partial charge in [0.25, 0.3) is 5.91 Å². The van der Waals surface area contributed by atoms with Gasteiger partial charge in [-0.15, -0.1) is 0 Å². The number of aromatic nitrogens is 1. The Morgan fingerprint density at radius 1 is 1.10 bits per heavy atom. The van der Waals surface area contributed by atoms with Crippen molar-refractivity contribution < 1.29 is 19.0 Å². The van der Waals surface area contributed by atoms with E-state index < -0.39 is 0 Å².